The number of halogens is 2. The van der Waals surface area contributed by atoms with Gasteiger partial charge in [-0.1, -0.05) is 6.92 Å². The minimum absolute atomic E-state index is 0.116. The third kappa shape index (κ3) is 4.70. The van der Waals surface area contributed by atoms with Crippen LogP contribution >= 0.6 is 23.2 Å². The van der Waals surface area contributed by atoms with Crippen molar-refractivity contribution in [3.8, 4) is 0 Å². The second-order valence-electron chi connectivity index (χ2n) is 10.0. The van der Waals surface area contributed by atoms with Crippen molar-refractivity contribution in [2.24, 2.45) is 23.2 Å². The van der Waals surface area contributed by atoms with Crippen molar-refractivity contribution < 1.29 is 13.2 Å². The number of hydrogen-bond donors (Lipinski definition) is 1. The fourth-order valence-corrected chi connectivity index (χ4v) is 9.05. The van der Waals surface area contributed by atoms with Crippen LogP contribution in [0.25, 0.3) is 0 Å². The molecule has 4 fully saturated rings. The Balaban J connectivity index is 1.47. The van der Waals surface area contributed by atoms with Crippen LogP contribution in [0, 0.1) is 23.2 Å². The summed E-state index contributed by atoms with van der Waals surface area (Å²) in [6, 6.07) is 6.40. The van der Waals surface area contributed by atoms with Crippen molar-refractivity contribution in [3.63, 3.8) is 0 Å². The predicted octanol–water partition coefficient (Wildman–Crippen LogP) is 4.88. The fourth-order valence-electron chi connectivity index (χ4n) is 7.00. The number of amides is 1. The SMILES string of the molecule is CC[C@@H](NC(=O)c1ccc(S(=O)(=O)N(CCCl)CCCl)cc1)C12CC3CC(CC(C3)C1)C2. The van der Waals surface area contributed by atoms with Crippen LogP contribution in [-0.4, -0.2) is 49.5 Å². The van der Waals surface area contributed by atoms with Crippen LogP contribution in [0.15, 0.2) is 29.2 Å². The number of hydrogen-bond acceptors (Lipinski definition) is 3. The van der Waals surface area contributed by atoms with Crippen LogP contribution in [0.1, 0.15) is 62.2 Å². The standard InChI is InChI=1S/C24H34Cl2N2O3S/c1-2-22(24-14-17-11-18(15-24)13-19(12-17)16-24)27-23(29)20-3-5-21(6-4-20)32(30,31)28(9-7-25)10-8-26/h3-6,17-19,22H,2,7-16H2,1H3,(H,27,29)/t17?,18?,19?,22-,24?/m1/s1. The average molecular weight is 502 g/mol. The molecule has 0 saturated heterocycles. The van der Waals surface area contributed by atoms with Crippen LogP contribution in [0.5, 0.6) is 0 Å². The predicted molar refractivity (Wildman–Crippen MR) is 129 cm³/mol. The minimum Gasteiger partial charge on any atom is -0.349 e. The molecule has 5 rings (SSSR count). The van der Waals surface area contributed by atoms with Gasteiger partial charge in [0.15, 0.2) is 0 Å². The van der Waals surface area contributed by atoms with Crippen LogP contribution in [0.4, 0.5) is 0 Å². The van der Waals surface area contributed by atoms with E-state index in [0.717, 1.165) is 24.2 Å². The van der Waals surface area contributed by atoms with E-state index in [2.05, 4.69) is 12.2 Å². The highest BCUT2D eigenvalue weighted by atomic mass is 35.5. The molecule has 4 aliphatic rings. The number of carbonyl (C=O) groups is 1. The third-order valence-electron chi connectivity index (χ3n) is 7.96. The smallest absolute Gasteiger partial charge is 0.251 e. The molecule has 0 aromatic heterocycles. The van der Waals surface area contributed by atoms with E-state index in [9.17, 15) is 13.2 Å². The monoisotopic (exact) mass is 500 g/mol. The molecule has 4 saturated carbocycles. The van der Waals surface area contributed by atoms with Gasteiger partial charge in [-0.05, 0) is 92.4 Å². The quantitative estimate of drug-likeness (QED) is 0.465. The number of benzene rings is 1. The summed E-state index contributed by atoms with van der Waals surface area (Å²) >= 11 is 11.5. The lowest BCUT2D eigenvalue weighted by Crippen LogP contribution is -2.56. The van der Waals surface area contributed by atoms with Crippen molar-refractivity contribution in [3.05, 3.63) is 29.8 Å². The van der Waals surface area contributed by atoms with Gasteiger partial charge in [0.1, 0.15) is 0 Å². The molecule has 1 aromatic rings. The molecule has 5 nitrogen and oxygen atoms in total. The third-order valence-corrected chi connectivity index (χ3v) is 10.2. The zero-order chi connectivity index (χ0) is 22.9. The second kappa shape index (κ2) is 9.81. The molecule has 0 heterocycles. The fraction of sp³-hybridized carbons (Fsp3) is 0.708. The number of rotatable bonds is 10. The molecule has 4 bridgehead atoms. The Morgan fingerprint density at radius 2 is 1.53 bits per heavy atom. The number of nitrogens with zero attached hydrogens (tertiary/aromatic N) is 1. The molecular formula is C24H34Cl2N2O3S. The average Bonchev–Trinajstić information content (AvgIpc) is 2.76. The zero-order valence-electron chi connectivity index (χ0n) is 18.7. The molecule has 178 valence electrons. The molecule has 8 heteroatoms. The lowest BCUT2D eigenvalue weighted by molar-refractivity contribution is -0.0727. The van der Waals surface area contributed by atoms with Crippen LogP contribution in [0.2, 0.25) is 0 Å². The summed E-state index contributed by atoms with van der Waals surface area (Å²) in [7, 11) is -3.69. The highest BCUT2D eigenvalue weighted by Gasteiger charge is 2.54. The van der Waals surface area contributed by atoms with Gasteiger partial charge in [0.25, 0.3) is 5.91 Å². The van der Waals surface area contributed by atoms with E-state index in [0.29, 0.717) is 5.56 Å². The first-order valence-corrected chi connectivity index (χ1v) is 14.3. The highest BCUT2D eigenvalue weighted by molar-refractivity contribution is 7.89. The Morgan fingerprint density at radius 3 is 1.97 bits per heavy atom. The summed E-state index contributed by atoms with van der Waals surface area (Å²) in [5, 5.41) is 3.33. The Kier molecular flexibility index (Phi) is 7.45. The van der Waals surface area contributed by atoms with Crippen molar-refractivity contribution in [1.29, 1.82) is 0 Å². The second-order valence-corrected chi connectivity index (χ2v) is 12.7. The van der Waals surface area contributed by atoms with Crippen molar-refractivity contribution in [2.45, 2.75) is 62.8 Å². The first kappa shape index (κ1) is 24.3. The summed E-state index contributed by atoms with van der Waals surface area (Å²) in [5.74, 6) is 2.77. The largest absolute Gasteiger partial charge is 0.349 e. The van der Waals surface area contributed by atoms with E-state index >= 15 is 0 Å². The molecule has 0 radical (unpaired) electrons. The van der Waals surface area contributed by atoms with Crippen molar-refractivity contribution >= 4 is 39.1 Å². The van der Waals surface area contributed by atoms with Crippen molar-refractivity contribution in [2.75, 3.05) is 24.8 Å². The summed E-state index contributed by atoms with van der Waals surface area (Å²) < 4.78 is 27.1. The number of nitrogens with one attached hydrogen (secondary N) is 1. The van der Waals surface area contributed by atoms with Crippen LogP contribution < -0.4 is 5.32 Å². The summed E-state index contributed by atoms with van der Waals surface area (Å²) in [4.78, 5) is 13.3. The van der Waals surface area contributed by atoms with Gasteiger partial charge >= 0.3 is 0 Å². The van der Waals surface area contributed by atoms with E-state index in [1.54, 1.807) is 12.1 Å². The molecule has 4 aliphatic carbocycles. The Bertz CT molecular complexity index is 878. The molecule has 1 atom stereocenters. The molecule has 1 amide bonds. The van der Waals surface area contributed by atoms with E-state index in [1.807, 2.05) is 0 Å². The number of carbonyl (C=O) groups excluding carboxylic acids is 1. The molecule has 32 heavy (non-hydrogen) atoms. The number of sulfonamides is 1. The van der Waals surface area contributed by atoms with Gasteiger partial charge < -0.3 is 5.32 Å². The van der Waals surface area contributed by atoms with Gasteiger partial charge in [-0.15, -0.1) is 23.2 Å². The molecule has 1 aromatic carbocycles. The number of alkyl halides is 2. The Hall–Kier alpha value is -0.820. The topological polar surface area (TPSA) is 66.5 Å². The van der Waals surface area contributed by atoms with Crippen LogP contribution in [-0.2, 0) is 10.0 Å². The van der Waals surface area contributed by atoms with Gasteiger partial charge in [0.05, 0.1) is 4.90 Å². The van der Waals surface area contributed by atoms with Gasteiger partial charge in [-0.3, -0.25) is 4.79 Å². The molecule has 0 aliphatic heterocycles. The Morgan fingerprint density at radius 1 is 1.03 bits per heavy atom. The lowest BCUT2D eigenvalue weighted by atomic mass is 9.47. The van der Waals surface area contributed by atoms with E-state index in [4.69, 9.17) is 23.2 Å². The van der Waals surface area contributed by atoms with E-state index in [-0.39, 0.29) is 47.1 Å². The first-order chi connectivity index (χ1) is 15.3. The van der Waals surface area contributed by atoms with Gasteiger partial charge in [-0.25, -0.2) is 8.42 Å². The minimum atomic E-state index is -3.69. The highest BCUT2D eigenvalue weighted by Crippen LogP contribution is 2.61. The summed E-state index contributed by atoms with van der Waals surface area (Å²) in [6.45, 7) is 2.56. The Labute approximate surface area is 202 Å². The van der Waals surface area contributed by atoms with Gasteiger partial charge in [-0.2, -0.15) is 4.31 Å². The van der Waals surface area contributed by atoms with Gasteiger partial charge in [0.2, 0.25) is 10.0 Å². The molecule has 0 spiro atoms. The maximum atomic E-state index is 13.1. The first-order valence-electron chi connectivity index (χ1n) is 11.8. The normalized spacial score (nSPS) is 29.9. The molecular weight excluding hydrogens is 467 g/mol. The maximum Gasteiger partial charge on any atom is 0.251 e. The van der Waals surface area contributed by atoms with Crippen LogP contribution in [0.3, 0.4) is 0 Å². The summed E-state index contributed by atoms with van der Waals surface area (Å²) in [5.41, 5.74) is 0.736. The van der Waals surface area contributed by atoms with E-state index in [1.165, 1.54) is 55.0 Å². The summed E-state index contributed by atoms with van der Waals surface area (Å²) in [6.07, 6.45) is 8.79. The zero-order valence-corrected chi connectivity index (χ0v) is 21.1. The maximum absolute atomic E-state index is 13.1. The molecule has 1 N–H and O–H groups in total. The van der Waals surface area contributed by atoms with E-state index < -0.39 is 10.0 Å². The van der Waals surface area contributed by atoms with Gasteiger partial charge in [0, 0.05) is 36.5 Å². The molecule has 0 unspecified atom stereocenters. The van der Waals surface area contributed by atoms with Crippen molar-refractivity contribution in [1.82, 2.24) is 9.62 Å². The lowest BCUT2D eigenvalue weighted by Gasteiger charge is -2.59.